The summed E-state index contributed by atoms with van der Waals surface area (Å²) in [5.74, 6) is -3.90. The summed E-state index contributed by atoms with van der Waals surface area (Å²) in [5.41, 5.74) is 1.54. The first-order valence-corrected chi connectivity index (χ1v) is 24.4. The molecule has 70 heavy (non-hydrogen) atoms. The standard InChI is InChI=1S/C50H70N12O8/c1-28(33-17-11-8-12-18-33)53-47(67)40-23-36(26-61(40)49(69)32(5)55-43(63)30(3)51-6)56-45(65)38-25-39(60-59-38)46(66)57-37-24-41(48(68)54-29(2)34-19-13-9-14-20-34)62(27-37)50(70)42(35-21-15-10-16-22-35)58-44(64)31(4)52-7/h8-9,11-14,17-20,25,28-32,35-37,40-42,51-52H,10,15-16,21-24,26-27H2,1-7H3,(H,53,67)(H,54,68)(H,55,63)(H,56,65)(H,57,66)(H,58,64)(H,59,60). The van der Waals surface area contributed by atoms with Gasteiger partial charge in [-0.2, -0.15) is 5.10 Å². The molecule has 1 aromatic heterocycles. The van der Waals surface area contributed by atoms with Gasteiger partial charge in [-0.05, 0) is 91.4 Å². The normalized spacial score (nSPS) is 21.8. The molecular formula is C50H70N12O8. The molecular weight excluding hydrogens is 897 g/mol. The molecule has 3 heterocycles. The summed E-state index contributed by atoms with van der Waals surface area (Å²) in [6, 6.07) is 12.9. The Hall–Kier alpha value is -6.67. The molecule has 1 aliphatic carbocycles. The number of aromatic nitrogens is 2. The van der Waals surface area contributed by atoms with E-state index in [-0.39, 0.29) is 61.2 Å². The minimum atomic E-state index is -0.984. The van der Waals surface area contributed by atoms with Crippen molar-refractivity contribution in [2.24, 2.45) is 5.92 Å². The second-order valence-corrected chi connectivity index (χ2v) is 18.9. The van der Waals surface area contributed by atoms with Gasteiger partial charge in [-0.25, -0.2) is 0 Å². The fraction of sp³-hybridized carbons (Fsp3) is 0.540. The highest BCUT2D eigenvalue weighted by Gasteiger charge is 2.46. The molecule has 2 aliphatic heterocycles. The van der Waals surface area contributed by atoms with Gasteiger partial charge in [0.15, 0.2) is 5.69 Å². The molecule has 2 aromatic carbocycles. The fourth-order valence-corrected chi connectivity index (χ4v) is 9.43. The molecule has 20 nitrogen and oxygen atoms in total. The molecule has 9 N–H and O–H groups in total. The van der Waals surface area contributed by atoms with Crippen LogP contribution in [0.2, 0.25) is 0 Å². The van der Waals surface area contributed by atoms with Crippen molar-refractivity contribution < 1.29 is 38.4 Å². The van der Waals surface area contributed by atoms with Crippen molar-refractivity contribution in [3.05, 3.63) is 89.2 Å². The molecule has 3 aromatic rings. The first kappa shape index (κ1) is 52.7. The van der Waals surface area contributed by atoms with Gasteiger partial charge in [-0.3, -0.25) is 43.5 Å². The lowest BCUT2D eigenvalue weighted by molar-refractivity contribution is -0.143. The van der Waals surface area contributed by atoms with Gasteiger partial charge in [0.2, 0.25) is 35.4 Å². The molecule has 8 amide bonds. The minimum absolute atomic E-state index is 0.0167. The summed E-state index contributed by atoms with van der Waals surface area (Å²) >= 11 is 0. The lowest BCUT2D eigenvalue weighted by Crippen LogP contribution is -2.58. The highest BCUT2D eigenvalue weighted by atomic mass is 16.2. The van der Waals surface area contributed by atoms with Gasteiger partial charge < -0.3 is 52.3 Å². The van der Waals surface area contributed by atoms with Gasteiger partial charge in [0.25, 0.3) is 11.8 Å². The van der Waals surface area contributed by atoms with Crippen LogP contribution in [0.1, 0.15) is 124 Å². The summed E-state index contributed by atoms with van der Waals surface area (Å²) < 4.78 is 0. The molecule has 0 radical (unpaired) electrons. The maximum absolute atomic E-state index is 14.7. The van der Waals surface area contributed by atoms with Gasteiger partial charge in [-0.1, -0.05) is 79.9 Å². The highest BCUT2D eigenvalue weighted by Crippen LogP contribution is 2.30. The molecule has 3 fully saturated rings. The topological polar surface area (TPSA) is 268 Å². The van der Waals surface area contributed by atoms with Crippen LogP contribution in [0.15, 0.2) is 66.7 Å². The van der Waals surface area contributed by atoms with Crippen LogP contribution in [-0.2, 0) is 28.8 Å². The average molecular weight is 967 g/mol. The number of likely N-dealkylation sites (tertiary alicyclic amines) is 2. The molecule has 1 saturated carbocycles. The summed E-state index contributed by atoms with van der Waals surface area (Å²) in [4.78, 5) is 113. The van der Waals surface area contributed by atoms with Gasteiger partial charge in [0.1, 0.15) is 29.9 Å². The zero-order valence-electron chi connectivity index (χ0n) is 41.2. The number of amides is 8. The Morgan fingerprint density at radius 1 is 0.586 bits per heavy atom. The SMILES string of the molecule is CNC(C)C(=O)NC(C)C(=O)N1CC(NC(=O)c2cc(C(=O)NC3CC(C(=O)NC(C)c4ccccc4)N(C(=O)C(NC(=O)C(C)NC)C4CCCCC4)C3)[nH]n2)CC1C(=O)NC(C)c1ccccc1. The zero-order chi connectivity index (χ0) is 50.6. The van der Waals surface area contributed by atoms with E-state index in [0.29, 0.717) is 0 Å². The molecule has 6 rings (SSSR count). The Labute approximate surface area is 409 Å². The van der Waals surface area contributed by atoms with Crippen LogP contribution in [0.4, 0.5) is 0 Å². The van der Waals surface area contributed by atoms with Crippen LogP contribution in [0.25, 0.3) is 0 Å². The third-order valence-corrected chi connectivity index (χ3v) is 13.9. The second kappa shape index (κ2) is 24.2. The van der Waals surface area contributed by atoms with Crippen molar-refractivity contribution in [1.29, 1.82) is 0 Å². The molecule has 20 heteroatoms. The van der Waals surface area contributed by atoms with Gasteiger partial charge in [0.05, 0.1) is 24.2 Å². The van der Waals surface area contributed by atoms with Crippen molar-refractivity contribution in [1.82, 2.24) is 62.5 Å². The Balaban J connectivity index is 1.15. The van der Waals surface area contributed by atoms with Crippen molar-refractivity contribution >= 4 is 47.3 Å². The number of carbonyl (C=O) groups excluding carboxylic acids is 8. The summed E-state index contributed by atoms with van der Waals surface area (Å²) in [7, 11) is 3.28. The quantitative estimate of drug-likeness (QED) is 0.0828. The Bertz CT molecular complexity index is 2320. The first-order chi connectivity index (χ1) is 33.5. The van der Waals surface area contributed by atoms with Gasteiger partial charge >= 0.3 is 0 Å². The first-order valence-electron chi connectivity index (χ1n) is 24.4. The molecule has 0 bridgehead atoms. The van der Waals surface area contributed by atoms with E-state index in [1.54, 1.807) is 27.9 Å². The molecule has 3 aliphatic rings. The summed E-state index contributed by atoms with van der Waals surface area (Å²) in [5, 5.41) is 30.0. The predicted octanol–water partition coefficient (Wildman–Crippen LogP) is 1.35. The number of H-pyrrole nitrogens is 1. The van der Waals surface area contributed by atoms with Crippen LogP contribution < -0.4 is 42.5 Å². The highest BCUT2D eigenvalue weighted by molar-refractivity contribution is 5.99. The fourth-order valence-electron chi connectivity index (χ4n) is 9.43. The molecule has 10 atom stereocenters. The van der Waals surface area contributed by atoms with Crippen LogP contribution in [0.5, 0.6) is 0 Å². The number of nitrogens with zero attached hydrogens (tertiary/aromatic N) is 3. The Morgan fingerprint density at radius 2 is 1.06 bits per heavy atom. The maximum Gasteiger partial charge on any atom is 0.272 e. The lowest BCUT2D eigenvalue weighted by Gasteiger charge is -2.35. The van der Waals surface area contributed by atoms with Crippen molar-refractivity contribution in [2.75, 3.05) is 27.2 Å². The number of aromatic amines is 1. The van der Waals surface area contributed by atoms with E-state index in [1.807, 2.05) is 74.5 Å². The minimum Gasteiger partial charge on any atom is -0.348 e. The van der Waals surface area contributed by atoms with Gasteiger partial charge in [-0.15, -0.1) is 0 Å². The predicted molar refractivity (Wildman–Crippen MR) is 260 cm³/mol. The number of hydrogen-bond acceptors (Lipinski definition) is 11. The van der Waals surface area contributed by atoms with E-state index in [9.17, 15) is 38.4 Å². The van der Waals surface area contributed by atoms with Crippen molar-refractivity contribution in [2.45, 2.75) is 140 Å². The van der Waals surface area contributed by atoms with E-state index in [4.69, 9.17) is 0 Å². The van der Waals surface area contributed by atoms with E-state index in [1.165, 1.54) is 22.8 Å². The molecule has 10 unspecified atom stereocenters. The van der Waals surface area contributed by atoms with E-state index >= 15 is 0 Å². The monoisotopic (exact) mass is 967 g/mol. The third kappa shape index (κ3) is 13.1. The van der Waals surface area contributed by atoms with Crippen molar-refractivity contribution in [3.63, 3.8) is 0 Å². The number of hydrogen-bond donors (Lipinski definition) is 9. The van der Waals surface area contributed by atoms with E-state index < -0.39 is 89.7 Å². The van der Waals surface area contributed by atoms with Crippen molar-refractivity contribution in [3.8, 4) is 0 Å². The summed E-state index contributed by atoms with van der Waals surface area (Å²) in [6.07, 6.45) is 4.48. The molecule has 378 valence electrons. The number of nitrogens with one attached hydrogen (secondary N) is 9. The van der Waals surface area contributed by atoms with E-state index in [0.717, 1.165) is 43.2 Å². The molecule has 2 saturated heterocycles. The second-order valence-electron chi connectivity index (χ2n) is 18.9. The van der Waals surface area contributed by atoms with E-state index in [2.05, 4.69) is 52.7 Å². The van der Waals surface area contributed by atoms with Crippen LogP contribution in [-0.4, -0.2) is 143 Å². The zero-order valence-corrected chi connectivity index (χ0v) is 41.2. The Kier molecular flexibility index (Phi) is 18.3. The number of benzene rings is 2. The molecule has 0 spiro atoms. The van der Waals surface area contributed by atoms with Crippen LogP contribution >= 0.6 is 0 Å². The number of carbonyl (C=O) groups is 8. The number of rotatable bonds is 19. The third-order valence-electron chi connectivity index (χ3n) is 13.9. The Morgan fingerprint density at radius 3 is 1.56 bits per heavy atom. The summed E-state index contributed by atoms with van der Waals surface area (Å²) in [6.45, 7) is 8.51. The maximum atomic E-state index is 14.7. The van der Waals surface area contributed by atoms with Crippen LogP contribution in [0, 0.1) is 5.92 Å². The van der Waals surface area contributed by atoms with Gasteiger partial charge in [0, 0.05) is 31.2 Å². The largest absolute Gasteiger partial charge is 0.348 e. The van der Waals surface area contributed by atoms with Crippen LogP contribution in [0.3, 0.4) is 0 Å². The lowest BCUT2D eigenvalue weighted by atomic mass is 9.83. The number of likely N-dealkylation sites (N-methyl/N-ethyl adjacent to an activating group) is 2. The smallest absolute Gasteiger partial charge is 0.272 e. The average Bonchev–Trinajstić information content (AvgIpc) is 4.15.